The van der Waals surface area contributed by atoms with Crippen molar-refractivity contribution < 1.29 is 9.90 Å². The standard InChI is InChI=1S/C15H17N3O2S/c1-18(9-15(10-19)7-8-15)14(20)13-16-12(17-21-13)11-5-3-2-4-6-11/h2-6,19H,7-10H2,1H3. The average molecular weight is 303 g/mol. The molecule has 0 aliphatic heterocycles. The first kappa shape index (κ1) is 14.2. The number of nitrogens with zero attached hydrogens (tertiary/aromatic N) is 3. The number of benzene rings is 1. The monoisotopic (exact) mass is 303 g/mol. The Hall–Kier alpha value is -1.79. The summed E-state index contributed by atoms with van der Waals surface area (Å²) in [6.07, 6.45) is 1.96. The second-order valence-electron chi connectivity index (χ2n) is 5.61. The minimum absolute atomic E-state index is 0.0860. The van der Waals surface area contributed by atoms with Crippen LogP contribution in [0, 0.1) is 5.41 Å². The molecule has 1 amide bonds. The zero-order valence-electron chi connectivity index (χ0n) is 11.8. The van der Waals surface area contributed by atoms with Crippen LogP contribution in [0.15, 0.2) is 30.3 Å². The summed E-state index contributed by atoms with van der Waals surface area (Å²) in [5.41, 5.74) is 0.821. The lowest BCUT2D eigenvalue weighted by molar-refractivity contribution is 0.0733. The highest BCUT2D eigenvalue weighted by atomic mass is 32.1. The molecular formula is C15H17N3O2S. The second-order valence-corrected chi connectivity index (χ2v) is 6.36. The predicted molar refractivity (Wildman–Crippen MR) is 81.1 cm³/mol. The van der Waals surface area contributed by atoms with Crippen LogP contribution in [0.25, 0.3) is 11.4 Å². The molecule has 1 aromatic heterocycles. The van der Waals surface area contributed by atoms with Gasteiger partial charge in [0, 0.05) is 24.6 Å². The van der Waals surface area contributed by atoms with E-state index in [0.717, 1.165) is 29.9 Å². The molecule has 1 aliphatic carbocycles. The zero-order chi connectivity index (χ0) is 14.9. The molecule has 2 aromatic rings. The van der Waals surface area contributed by atoms with Crippen molar-refractivity contribution in [2.45, 2.75) is 12.8 Å². The molecule has 1 saturated carbocycles. The lowest BCUT2D eigenvalue weighted by Crippen LogP contribution is -2.34. The minimum atomic E-state index is -0.130. The van der Waals surface area contributed by atoms with Crippen LogP contribution in [-0.2, 0) is 0 Å². The Morgan fingerprint density at radius 3 is 2.71 bits per heavy atom. The van der Waals surface area contributed by atoms with Gasteiger partial charge in [-0.1, -0.05) is 30.3 Å². The van der Waals surface area contributed by atoms with Gasteiger partial charge in [0.1, 0.15) is 0 Å². The molecule has 1 aromatic carbocycles. The number of aliphatic hydroxyl groups excluding tert-OH is 1. The largest absolute Gasteiger partial charge is 0.396 e. The molecule has 0 atom stereocenters. The molecular weight excluding hydrogens is 286 g/mol. The van der Waals surface area contributed by atoms with Crippen molar-refractivity contribution in [2.75, 3.05) is 20.2 Å². The average Bonchev–Trinajstić information content (AvgIpc) is 3.12. The smallest absolute Gasteiger partial charge is 0.284 e. The van der Waals surface area contributed by atoms with E-state index in [4.69, 9.17) is 0 Å². The normalized spacial score (nSPS) is 15.7. The highest BCUT2D eigenvalue weighted by molar-refractivity contribution is 7.07. The SMILES string of the molecule is CN(CC1(CO)CC1)C(=O)c1nc(-c2ccccc2)ns1. The quantitative estimate of drug-likeness (QED) is 0.918. The van der Waals surface area contributed by atoms with E-state index in [0.29, 0.717) is 17.4 Å². The maximum absolute atomic E-state index is 12.4. The summed E-state index contributed by atoms with van der Waals surface area (Å²) in [6.45, 7) is 0.707. The predicted octanol–water partition coefficient (Wildman–Crippen LogP) is 2.05. The van der Waals surface area contributed by atoms with Gasteiger partial charge in [-0.25, -0.2) is 4.98 Å². The Balaban J connectivity index is 1.72. The Morgan fingerprint density at radius 2 is 2.10 bits per heavy atom. The fourth-order valence-electron chi connectivity index (χ4n) is 2.30. The van der Waals surface area contributed by atoms with Crippen molar-refractivity contribution in [3.05, 3.63) is 35.3 Å². The van der Waals surface area contributed by atoms with Gasteiger partial charge >= 0.3 is 0 Å². The minimum Gasteiger partial charge on any atom is -0.396 e. The number of aromatic nitrogens is 2. The summed E-state index contributed by atoms with van der Waals surface area (Å²) in [5, 5.41) is 9.74. The van der Waals surface area contributed by atoms with Crippen molar-refractivity contribution in [3.8, 4) is 11.4 Å². The third-order valence-corrected chi connectivity index (χ3v) is 4.56. The number of hydrogen-bond acceptors (Lipinski definition) is 5. The molecule has 1 heterocycles. The third kappa shape index (κ3) is 2.96. The number of carbonyl (C=O) groups excluding carboxylic acids is 1. The molecule has 1 aliphatic rings. The molecule has 0 radical (unpaired) electrons. The van der Waals surface area contributed by atoms with Crippen LogP contribution in [0.2, 0.25) is 0 Å². The summed E-state index contributed by atoms with van der Waals surface area (Å²) in [6, 6.07) is 9.61. The van der Waals surface area contributed by atoms with Gasteiger partial charge in [0.2, 0.25) is 5.01 Å². The van der Waals surface area contributed by atoms with Gasteiger partial charge in [0.05, 0.1) is 6.61 Å². The van der Waals surface area contributed by atoms with Gasteiger partial charge in [0.25, 0.3) is 5.91 Å². The molecule has 5 nitrogen and oxygen atoms in total. The van der Waals surface area contributed by atoms with Gasteiger partial charge in [0.15, 0.2) is 5.82 Å². The van der Waals surface area contributed by atoms with Crippen LogP contribution in [0.4, 0.5) is 0 Å². The van der Waals surface area contributed by atoms with E-state index < -0.39 is 0 Å². The number of amides is 1. The third-order valence-electron chi connectivity index (χ3n) is 3.85. The molecule has 1 N–H and O–H groups in total. The Kier molecular flexibility index (Phi) is 3.73. The fourth-order valence-corrected chi connectivity index (χ4v) is 2.98. The van der Waals surface area contributed by atoms with Crippen LogP contribution < -0.4 is 0 Å². The summed E-state index contributed by atoms with van der Waals surface area (Å²) < 4.78 is 4.26. The molecule has 21 heavy (non-hydrogen) atoms. The van der Waals surface area contributed by atoms with Gasteiger partial charge in [-0.3, -0.25) is 4.79 Å². The molecule has 3 rings (SSSR count). The first-order chi connectivity index (χ1) is 10.1. The van der Waals surface area contributed by atoms with E-state index in [1.165, 1.54) is 0 Å². The topological polar surface area (TPSA) is 66.3 Å². The number of aliphatic hydroxyl groups is 1. The molecule has 0 bridgehead atoms. The maximum atomic E-state index is 12.4. The Morgan fingerprint density at radius 1 is 1.38 bits per heavy atom. The zero-order valence-corrected chi connectivity index (χ0v) is 12.6. The van der Waals surface area contributed by atoms with E-state index >= 15 is 0 Å². The molecule has 0 spiro atoms. The van der Waals surface area contributed by atoms with Crippen molar-refractivity contribution >= 4 is 17.4 Å². The Labute approximate surface area is 127 Å². The van der Waals surface area contributed by atoms with Crippen LogP contribution in [0.3, 0.4) is 0 Å². The van der Waals surface area contributed by atoms with E-state index in [-0.39, 0.29) is 17.9 Å². The Bertz CT molecular complexity index is 637. The van der Waals surface area contributed by atoms with Gasteiger partial charge in [-0.15, -0.1) is 0 Å². The van der Waals surface area contributed by atoms with E-state index in [2.05, 4.69) is 9.36 Å². The van der Waals surface area contributed by atoms with E-state index in [9.17, 15) is 9.90 Å². The van der Waals surface area contributed by atoms with Crippen molar-refractivity contribution in [2.24, 2.45) is 5.41 Å². The first-order valence-electron chi connectivity index (χ1n) is 6.89. The van der Waals surface area contributed by atoms with Gasteiger partial charge < -0.3 is 10.0 Å². The number of carbonyl (C=O) groups is 1. The lowest BCUT2D eigenvalue weighted by Gasteiger charge is -2.21. The van der Waals surface area contributed by atoms with Gasteiger partial charge in [-0.2, -0.15) is 4.37 Å². The van der Waals surface area contributed by atoms with Gasteiger partial charge in [-0.05, 0) is 24.4 Å². The number of rotatable bonds is 5. The lowest BCUT2D eigenvalue weighted by atomic mass is 10.1. The molecule has 1 fully saturated rings. The molecule has 0 unspecified atom stereocenters. The summed E-state index contributed by atoms with van der Waals surface area (Å²) in [4.78, 5) is 18.3. The van der Waals surface area contributed by atoms with E-state index in [1.54, 1.807) is 11.9 Å². The summed E-state index contributed by atoms with van der Waals surface area (Å²) in [5.74, 6) is 0.454. The van der Waals surface area contributed by atoms with Crippen LogP contribution in [0.1, 0.15) is 22.6 Å². The van der Waals surface area contributed by atoms with Crippen molar-refractivity contribution in [3.63, 3.8) is 0 Å². The molecule has 6 heteroatoms. The van der Waals surface area contributed by atoms with Crippen LogP contribution >= 0.6 is 11.5 Å². The number of hydrogen-bond donors (Lipinski definition) is 1. The molecule has 0 saturated heterocycles. The van der Waals surface area contributed by atoms with E-state index in [1.807, 2.05) is 30.3 Å². The summed E-state index contributed by atoms with van der Waals surface area (Å²) in [7, 11) is 1.75. The maximum Gasteiger partial charge on any atom is 0.284 e. The molecule has 110 valence electrons. The van der Waals surface area contributed by atoms with Crippen LogP contribution in [-0.4, -0.2) is 45.5 Å². The van der Waals surface area contributed by atoms with Crippen molar-refractivity contribution in [1.82, 2.24) is 14.3 Å². The summed E-state index contributed by atoms with van der Waals surface area (Å²) >= 11 is 1.12. The fraction of sp³-hybridized carbons (Fsp3) is 0.400. The highest BCUT2D eigenvalue weighted by Crippen LogP contribution is 2.45. The second kappa shape index (κ2) is 5.54. The first-order valence-corrected chi connectivity index (χ1v) is 7.66. The van der Waals surface area contributed by atoms with Crippen molar-refractivity contribution in [1.29, 1.82) is 0 Å². The highest BCUT2D eigenvalue weighted by Gasteiger charge is 2.43. The van der Waals surface area contributed by atoms with Crippen LogP contribution in [0.5, 0.6) is 0 Å².